The van der Waals surface area contributed by atoms with Crippen molar-refractivity contribution in [2.75, 3.05) is 0 Å². The molecule has 0 saturated carbocycles. The number of hydrogen-bond donors (Lipinski definition) is 1. The van der Waals surface area contributed by atoms with Crippen molar-refractivity contribution in [1.82, 2.24) is 24.9 Å². The van der Waals surface area contributed by atoms with Crippen molar-refractivity contribution in [2.45, 2.75) is 6.92 Å². The highest BCUT2D eigenvalue weighted by molar-refractivity contribution is 7.15. The Balaban J connectivity index is 1.64. The molecule has 0 spiro atoms. The molecule has 0 amide bonds. The Morgan fingerprint density at radius 3 is 2.69 bits per heavy atom. The number of aryl methyl sites for hydroxylation is 1. The van der Waals surface area contributed by atoms with Crippen LogP contribution in [0.25, 0.3) is 55.1 Å². The first-order valence-electron chi connectivity index (χ1n) is 9.91. The van der Waals surface area contributed by atoms with Gasteiger partial charge in [0, 0.05) is 28.7 Å². The maximum absolute atomic E-state index is 12.7. The summed E-state index contributed by atoms with van der Waals surface area (Å²) in [4.78, 5) is 34.3. The Kier molecular flexibility index (Phi) is 4.19. The molecule has 1 aromatic carbocycles. The van der Waals surface area contributed by atoms with Crippen molar-refractivity contribution in [2.24, 2.45) is 0 Å². The van der Waals surface area contributed by atoms with Gasteiger partial charge in [-0.25, -0.2) is 15.0 Å². The summed E-state index contributed by atoms with van der Waals surface area (Å²) in [5.74, 6) is 0.272. The first kappa shape index (κ1) is 18.6. The molecule has 0 saturated heterocycles. The molecule has 8 heteroatoms. The minimum atomic E-state index is -0.302. The Morgan fingerprint density at radius 2 is 1.88 bits per heavy atom. The molecule has 0 aliphatic rings. The first-order chi connectivity index (χ1) is 15.7. The third-order valence-electron chi connectivity index (χ3n) is 5.26. The SMILES string of the molecule is Cc1ncc(-c2nc3[nH]c(=O)c(-c4ncco4)cc3cc2-c2ccc3ncccc3c2)s1. The summed E-state index contributed by atoms with van der Waals surface area (Å²) in [5.41, 5.74) is 4.20. The Morgan fingerprint density at radius 1 is 0.969 bits per heavy atom. The van der Waals surface area contributed by atoms with Gasteiger partial charge in [-0.2, -0.15) is 0 Å². The maximum Gasteiger partial charge on any atom is 0.262 e. The van der Waals surface area contributed by atoms with Gasteiger partial charge in [-0.15, -0.1) is 11.3 Å². The number of pyridine rings is 3. The van der Waals surface area contributed by atoms with Crippen LogP contribution in [0.4, 0.5) is 0 Å². The molecule has 5 aromatic heterocycles. The fraction of sp³-hybridized carbons (Fsp3) is 0.0417. The zero-order valence-corrected chi connectivity index (χ0v) is 17.7. The molecule has 0 aliphatic heterocycles. The number of thiazole rings is 1. The van der Waals surface area contributed by atoms with E-state index in [1.54, 1.807) is 23.6 Å². The standard InChI is InChI=1S/C24H15N5O2S/c1-13-27-12-20(32-13)21-17(14-4-5-19-15(9-14)3-2-6-25-19)10-16-11-18(24-26-7-8-31-24)23(30)29-22(16)28-21/h2-12H,1H3,(H,28,29,30). The average molecular weight is 437 g/mol. The van der Waals surface area contributed by atoms with Gasteiger partial charge in [0.1, 0.15) is 17.5 Å². The van der Waals surface area contributed by atoms with Crippen LogP contribution in [0.3, 0.4) is 0 Å². The molecule has 0 aliphatic carbocycles. The van der Waals surface area contributed by atoms with Crippen LogP contribution in [-0.2, 0) is 0 Å². The smallest absolute Gasteiger partial charge is 0.262 e. The number of aromatic nitrogens is 5. The Hall–Kier alpha value is -4.17. The summed E-state index contributed by atoms with van der Waals surface area (Å²) in [6.07, 6.45) is 6.56. The van der Waals surface area contributed by atoms with Gasteiger partial charge in [0.05, 0.1) is 27.3 Å². The molecule has 154 valence electrons. The summed E-state index contributed by atoms with van der Waals surface area (Å²) in [7, 11) is 0. The predicted molar refractivity (Wildman–Crippen MR) is 124 cm³/mol. The van der Waals surface area contributed by atoms with Crippen molar-refractivity contribution in [3.8, 4) is 33.2 Å². The molecular weight excluding hydrogens is 422 g/mol. The highest BCUT2D eigenvalue weighted by atomic mass is 32.1. The molecular formula is C24H15N5O2S. The van der Waals surface area contributed by atoms with Gasteiger partial charge in [0.25, 0.3) is 5.56 Å². The number of nitrogens with one attached hydrogen (secondary N) is 1. The fourth-order valence-corrected chi connectivity index (χ4v) is 4.55. The van der Waals surface area contributed by atoms with Crippen LogP contribution >= 0.6 is 11.3 Å². The van der Waals surface area contributed by atoms with Gasteiger partial charge in [0.2, 0.25) is 5.89 Å². The van der Waals surface area contributed by atoms with Gasteiger partial charge in [-0.3, -0.25) is 9.78 Å². The maximum atomic E-state index is 12.7. The number of oxazole rings is 1. The summed E-state index contributed by atoms with van der Waals surface area (Å²) >= 11 is 1.56. The van der Waals surface area contributed by atoms with Gasteiger partial charge in [-0.05, 0) is 42.8 Å². The summed E-state index contributed by atoms with van der Waals surface area (Å²) in [6, 6.07) is 13.9. The monoisotopic (exact) mass is 437 g/mol. The average Bonchev–Trinajstić information content (AvgIpc) is 3.49. The van der Waals surface area contributed by atoms with Gasteiger partial charge < -0.3 is 9.40 Å². The van der Waals surface area contributed by atoms with E-state index in [9.17, 15) is 4.79 Å². The number of benzene rings is 1. The van der Waals surface area contributed by atoms with Crippen LogP contribution in [0.2, 0.25) is 0 Å². The van der Waals surface area contributed by atoms with Crippen molar-refractivity contribution in [3.05, 3.63) is 82.7 Å². The molecule has 0 atom stereocenters. The van der Waals surface area contributed by atoms with E-state index in [2.05, 4.69) is 26.0 Å². The molecule has 0 fully saturated rings. The van der Waals surface area contributed by atoms with Crippen molar-refractivity contribution in [1.29, 1.82) is 0 Å². The number of rotatable bonds is 3. The van der Waals surface area contributed by atoms with E-state index < -0.39 is 0 Å². The van der Waals surface area contributed by atoms with E-state index in [4.69, 9.17) is 9.40 Å². The largest absolute Gasteiger partial charge is 0.444 e. The van der Waals surface area contributed by atoms with Crippen LogP contribution < -0.4 is 5.56 Å². The van der Waals surface area contributed by atoms with Crippen LogP contribution in [0.15, 0.2) is 76.5 Å². The van der Waals surface area contributed by atoms with E-state index >= 15 is 0 Å². The summed E-state index contributed by atoms with van der Waals surface area (Å²) in [5, 5.41) is 2.77. The topological polar surface area (TPSA) is 97.6 Å². The van der Waals surface area contributed by atoms with Gasteiger partial charge in [0.15, 0.2) is 0 Å². The second-order valence-electron chi connectivity index (χ2n) is 7.33. The molecule has 0 radical (unpaired) electrons. The number of nitrogens with zero attached hydrogens (tertiary/aromatic N) is 4. The lowest BCUT2D eigenvalue weighted by molar-refractivity contribution is 0.574. The number of fused-ring (bicyclic) bond motifs is 2. The normalized spacial score (nSPS) is 11.4. The molecule has 32 heavy (non-hydrogen) atoms. The molecule has 0 bridgehead atoms. The molecule has 1 N–H and O–H groups in total. The van der Waals surface area contributed by atoms with E-state index in [1.165, 1.54) is 12.5 Å². The molecule has 5 heterocycles. The lowest BCUT2D eigenvalue weighted by atomic mass is 9.99. The molecule has 6 rings (SSSR count). The lowest BCUT2D eigenvalue weighted by Gasteiger charge is -2.11. The van der Waals surface area contributed by atoms with Crippen molar-refractivity contribution >= 4 is 33.3 Å². The molecule has 6 aromatic rings. The van der Waals surface area contributed by atoms with Crippen LogP contribution in [0.1, 0.15) is 5.01 Å². The molecule has 0 unspecified atom stereocenters. The minimum Gasteiger partial charge on any atom is -0.444 e. The first-order valence-corrected chi connectivity index (χ1v) is 10.7. The zero-order chi connectivity index (χ0) is 21.7. The van der Waals surface area contributed by atoms with Crippen LogP contribution in [0.5, 0.6) is 0 Å². The lowest BCUT2D eigenvalue weighted by Crippen LogP contribution is -2.10. The second kappa shape index (κ2) is 7.21. The van der Waals surface area contributed by atoms with Crippen LogP contribution in [0, 0.1) is 6.92 Å². The van der Waals surface area contributed by atoms with Crippen molar-refractivity contribution in [3.63, 3.8) is 0 Å². The Bertz CT molecular complexity index is 1670. The van der Waals surface area contributed by atoms with Crippen molar-refractivity contribution < 1.29 is 4.42 Å². The highest BCUT2D eigenvalue weighted by Gasteiger charge is 2.17. The van der Waals surface area contributed by atoms with E-state index in [0.29, 0.717) is 11.2 Å². The highest BCUT2D eigenvalue weighted by Crippen LogP contribution is 2.36. The quantitative estimate of drug-likeness (QED) is 0.407. The number of H-pyrrole nitrogens is 1. The fourth-order valence-electron chi connectivity index (χ4n) is 3.77. The second-order valence-corrected chi connectivity index (χ2v) is 8.56. The van der Waals surface area contributed by atoms with Gasteiger partial charge in [-0.1, -0.05) is 12.1 Å². The number of hydrogen-bond acceptors (Lipinski definition) is 7. The summed E-state index contributed by atoms with van der Waals surface area (Å²) in [6.45, 7) is 1.96. The number of aromatic amines is 1. The van der Waals surface area contributed by atoms with E-state index in [1.807, 2.05) is 43.5 Å². The molecule has 7 nitrogen and oxygen atoms in total. The third kappa shape index (κ3) is 3.09. The zero-order valence-electron chi connectivity index (χ0n) is 16.9. The van der Waals surface area contributed by atoms with E-state index in [0.717, 1.165) is 43.0 Å². The van der Waals surface area contributed by atoms with Crippen LogP contribution in [-0.4, -0.2) is 24.9 Å². The summed E-state index contributed by atoms with van der Waals surface area (Å²) < 4.78 is 5.34. The Labute approximate surface area is 185 Å². The van der Waals surface area contributed by atoms with Gasteiger partial charge >= 0.3 is 0 Å². The minimum absolute atomic E-state index is 0.272. The third-order valence-corrected chi connectivity index (χ3v) is 6.18. The predicted octanol–water partition coefficient (Wildman–Crippen LogP) is 5.23. The van der Waals surface area contributed by atoms with E-state index in [-0.39, 0.29) is 11.4 Å².